The van der Waals surface area contributed by atoms with E-state index in [2.05, 4.69) is 146 Å². The van der Waals surface area contributed by atoms with Crippen LogP contribution in [0, 0.1) is 0 Å². The van der Waals surface area contributed by atoms with Crippen LogP contribution in [0.4, 0.5) is 0 Å². The molecule has 31 heavy (non-hydrogen) atoms. The van der Waals surface area contributed by atoms with Crippen LogP contribution in [0.2, 0.25) is 0 Å². The summed E-state index contributed by atoms with van der Waals surface area (Å²) >= 11 is -3.14. The molecule has 0 aromatic heterocycles. The van der Waals surface area contributed by atoms with E-state index in [0.29, 0.717) is 0 Å². The number of rotatable bonds is 5. The molecule has 0 bridgehead atoms. The fourth-order valence-corrected chi connectivity index (χ4v) is 14.6. The standard InChI is InChI=1S/C30H24Ge/c1-5-13-25(14-6-1)26-21-23-30(24-22-26)31(27-15-7-2-8-16-27,28-17-9-3-10-18-28)29-19-11-4-12-20-29/h1-24H. The summed E-state index contributed by atoms with van der Waals surface area (Å²) < 4.78 is 5.80. The molecule has 0 saturated heterocycles. The van der Waals surface area contributed by atoms with Gasteiger partial charge in [0.25, 0.3) is 0 Å². The Balaban J connectivity index is 1.78. The number of benzene rings is 5. The first-order chi connectivity index (χ1) is 15.4. The zero-order valence-electron chi connectivity index (χ0n) is 17.4. The molecular weight excluding hydrogens is 433 g/mol. The van der Waals surface area contributed by atoms with Gasteiger partial charge in [0.15, 0.2) is 0 Å². The van der Waals surface area contributed by atoms with Crippen LogP contribution in [0.1, 0.15) is 0 Å². The first kappa shape index (κ1) is 19.6. The summed E-state index contributed by atoms with van der Waals surface area (Å²) in [6.45, 7) is 0. The molecule has 0 unspecified atom stereocenters. The first-order valence-corrected chi connectivity index (χ1v) is 14.9. The topological polar surface area (TPSA) is 0 Å². The molecule has 0 aliphatic carbocycles. The first-order valence-electron chi connectivity index (χ1n) is 10.7. The Morgan fingerprint density at radius 1 is 0.258 bits per heavy atom. The van der Waals surface area contributed by atoms with Crippen molar-refractivity contribution in [1.29, 1.82) is 0 Å². The molecule has 0 amide bonds. The predicted molar refractivity (Wildman–Crippen MR) is 135 cm³/mol. The van der Waals surface area contributed by atoms with Crippen molar-refractivity contribution in [3.8, 4) is 11.1 Å². The van der Waals surface area contributed by atoms with Gasteiger partial charge < -0.3 is 0 Å². The maximum absolute atomic E-state index is 3.14. The molecule has 0 spiro atoms. The molecule has 0 N–H and O–H groups in total. The number of hydrogen-bond donors (Lipinski definition) is 0. The molecule has 0 aliphatic rings. The van der Waals surface area contributed by atoms with Crippen molar-refractivity contribution < 1.29 is 0 Å². The van der Waals surface area contributed by atoms with Gasteiger partial charge in [-0.25, -0.2) is 0 Å². The van der Waals surface area contributed by atoms with Gasteiger partial charge in [-0.15, -0.1) is 0 Å². The van der Waals surface area contributed by atoms with Crippen molar-refractivity contribution in [1.82, 2.24) is 0 Å². The van der Waals surface area contributed by atoms with Gasteiger partial charge in [-0.3, -0.25) is 0 Å². The zero-order chi connectivity index (χ0) is 20.9. The predicted octanol–water partition coefficient (Wildman–Crippen LogP) is 4.73. The quantitative estimate of drug-likeness (QED) is 0.335. The average Bonchev–Trinajstić information content (AvgIpc) is 2.88. The van der Waals surface area contributed by atoms with Gasteiger partial charge in [-0.2, -0.15) is 0 Å². The van der Waals surface area contributed by atoms with Crippen molar-refractivity contribution in [2.75, 3.05) is 0 Å². The van der Waals surface area contributed by atoms with Gasteiger partial charge >= 0.3 is 188 Å². The summed E-state index contributed by atoms with van der Waals surface area (Å²) in [7, 11) is 0. The molecule has 5 aromatic carbocycles. The SMILES string of the molecule is c1ccc(-c2cc[c]([Ge]([c]3ccccc3)([c]3ccccc3)[c]3ccccc3)cc2)cc1. The van der Waals surface area contributed by atoms with E-state index in [9.17, 15) is 0 Å². The molecule has 0 aliphatic heterocycles. The monoisotopic (exact) mass is 458 g/mol. The molecule has 5 rings (SSSR count). The third kappa shape index (κ3) is 3.64. The Kier molecular flexibility index (Phi) is 5.56. The Bertz CT molecular complexity index is 1130. The van der Waals surface area contributed by atoms with Gasteiger partial charge in [-0.1, -0.05) is 0 Å². The van der Waals surface area contributed by atoms with Gasteiger partial charge in [-0.05, 0) is 0 Å². The molecule has 0 heterocycles. The molecule has 0 radical (unpaired) electrons. The van der Waals surface area contributed by atoms with E-state index in [1.54, 1.807) is 0 Å². The minimum absolute atomic E-state index is 1.26. The second-order valence-electron chi connectivity index (χ2n) is 7.79. The van der Waals surface area contributed by atoms with E-state index >= 15 is 0 Å². The van der Waals surface area contributed by atoms with Crippen LogP contribution >= 0.6 is 0 Å². The third-order valence-electron chi connectivity index (χ3n) is 6.05. The van der Waals surface area contributed by atoms with Crippen LogP contribution < -0.4 is 17.6 Å². The van der Waals surface area contributed by atoms with Crippen LogP contribution in [0.25, 0.3) is 11.1 Å². The second-order valence-corrected chi connectivity index (χ2v) is 15.8. The van der Waals surface area contributed by atoms with Crippen LogP contribution in [0.15, 0.2) is 146 Å². The van der Waals surface area contributed by atoms with Gasteiger partial charge in [0.2, 0.25) is 0 Å². The van der Waals surface area contributed by atoms with Gasteiger partial charge in [0.1, 0.15) is 0 Å². The van der Waals surface area contributed by atoms with Gasteiger partial charge in [0.05, 0.1) is 0 Å². The molecule has 1 heteroatoms. The van der Waals surface area contributed by atoms with E-state index in [-0.39, 0.29) is 0 Å². The zero-order valence-corrected chi connectivity index (χ0v) is 19.5. The fourth-order valence-electron chi connectivity index (χ4n) is 4.61. The maximum atomic E-state index is 2.37. The van der Waals surface area contributed by atoms with Crippen molar-refractivity contribution >= 4 is 30.8 Å². The van der Waals surface area contributed by atoms with E-state index < -0.39 is 13.3 Å². The summed E-state index contributed by atoms with van der Waals surface area (Å²) in [6, 6.07) is 53.3. The fraction of sp³-hybridized carbons (Fsp3) is 0. The molecule has 5 aromatic rings. The third-order valence-corrected chi connectivity index (χ3v) is 16.1. The summed E-state index contributed by atoms with van der Waals surface area (Å²) in [5, 5.41) is 0. The van der Waals surface area contributed by atoms with E-state index in [1.165, 1.54) is 28.7 Å². The molecule has 0 fully saturated rings. The summed E-state index contributed by atoms with van der Waals surface area (Å²) in [5.41, 5.74) is 2.51. The summed E-state index contributed by atoms with van der Waals surface area (Å²) in [6.07, 6.45) is 0. The van der Waals surface area contributed by atoms with E-state index in [4.69, 9.17) is 0 Å². The molecule has 0 saturated carbocycles. The molecule has 148 valence electrons. The minimum atomic E-state index is -3.14. The van der Waals surface area contributed by atoms with E-state index in [1.807, 2.05) is 0 Å². The Labute approximate surface area is 187 Å². The van der Waals surface area contributed by atoms with E-state index in [0.717, 1.165) is 0 Å². The molecule has 0 nitrogen and oxygen atoms in total. The Hall–Kier alpha value is -3.36. The normalized spacial score (nSPS) is 11.2. The van der Waals surface area contributed by atoms with Crippen LogP contribution in [-0.4, -0.2) is 13.3 Å². The van der Waals surface area contributed by atoms with Gasteiger partial charge in [0, 0.05) is 0 Å². The number of hydrogen-bond acceptors (Lipinski definition) is 0. The Morgan fingerprint density at radius 2 is 0.548 bits per heavy atom. The summed E-state index contributed by atoms with van der Waals surface area (Å²) in [5.74, 6) is 0. The van der Waals surface area contributed by atoms with Crippen LogP contribution in [0.3, 0.4) is 0 Å². The van der Waals surface area contributed by atoms with Crippen LogP contribution in [0.5, 0.6) is 0 Å². The molecular formula is C30H24Ge. The van der Waals surface area contributed by atoms with Crippen LogP contribution in [-0.2, 0) is 0 Å². The summed E-state index contributed by atoms with van der Waals surface area (Å²) in [4.78, 5) is 0. The van der Waals surface area contributed by atoms with Crippen molar-refractivity contribution in [3.05, 3.63) is 146 Å². The van der Waals surface area contributed by atoms with Crippen molar-refractivity contribution in [2.24, 2.45) is 0 Å². The van der Waals surface area contributed by atoms with Crippen molar-refractivity contribution in [2.45, 2.75) is 0 Å². The second kappa shape index (κ2) is 8.79. The van der Waals surface area contributed by atoms with Crippen molar-refractivity contribution in [3.63, 3.8) is 0 Å². The Morgan fingerprint density at radius 3 is 0.935 bits per heavy atom. The average molecular weight is 457 g/mol. The molecule has 0 atom stereocenters.